The molecule has 0 saturated carbocycles. The number of hydrogen-bond donors (Lipinski definition) is 0. The van der Waals surface area contributed by atoms with E-state index < -0.39 is 23.2 Å². The maximum atomic E-state index is 14.3. The Balaban J connectivity index is 1.69. The Morgan fingerprint density at radius 2 is 1.85 bits per heavy atom. The molecule has 6 nitrogen and oxygen atoms in total. The Morgan fingerprint density at radius 3 is 2.52 bits per heavy atom. The fourth-order valence-electron chi connectivity index (χ4n) is 3.51. The maximum Gasteiger partial charge on any atom is 0.294 e. The lowest BCUT2D eigenvalue weighted by atomic mass is 10.1. The number of methoxy groups -OCH3 is 1. The normalized spacial score (nSPS) is 11.9. The highest BCUT2D eigenvalue weighted by Gasteiger charge is 2.18. The Hall–Kier alpha value is -3.65. The number of aromatic nitrogens is 3. The molecule has 0 amide bonds. The average molecular weight is 472 g/mol. The lowest BCUT2D eigenvalue weighted by Gasteiger charge is -2.18. The Bertz CT molecular complexity index is 1380. The first-order chi connectivity index (χ1) is 15.8. The summed E-state index contributed by atoms with van der Waals surface area (Å²) in [4.78, 5) is 17.3. The van der Waals surface area contributed by atoms with Gasteiger partial charge in [0.1, 0.15) is 23.1 Å². The summed E-state index contributed by atoms with van der Waals surface area (Å²) in [5, 5.41) is 0.219. The van der Waals surface area contributed by atoms with Gasteiger partial charge in [0.15, 0.2) is 5.75 Å². The van der Waals surface area contributed by atoms with Crippen LogP contribution < -0.4 is 15.0 Å². The second-order valence-electron chi connectivity index (χ2n) is 7.43. The molecular formula is C24H20ClF2N3O3. The van der Waals surface area contributed by atoms with Gasteiger partial charge in [-0.2, -0.15) is 0 Å². The van der Waals surface area contributed by atoms with E-state index in [-0.39, 0.29) is 16.3 Å². The Kier molecular flexibility index (Phi) is 6.20. The second-order valence-corrected chi connectivity index (χ2v) is 7.87. The molecule has 2 aromatic carbocycles. The van der Waals surface area contributed by atoms with E-state index in [4.69, 9.17) is 21.1 Å². The number of rotatable bonds is 6. The van der Waals surface area contributed by atoms with E-state index in [1.54, 1.807) is 31.5 Å². The van der Waals surface area contributed by atoms with Crippen molar-refractivity contribution < 1.29 is 18.3 Å². The van der Waals surface area contributed by atoms with Gasteiger partial charge in [0.25, 0.3) is 5.56 Å². The van der Waals surface area contributed by atoms with Crippen molar-refractivity contribution in [3.8, 4) is 22.9 Å². The van der Waals surface area contributed by atoms with Crippen LogP contribution in [0.5, 0.6) is 17.2 Å². The van der Waals surface area contributed by atoms with Crippen LogP contribution in [-0.4, -0.2) is 21.2 Å². The number of hydrogen-bond acceptors (Lipinski definition) is 4. The van der Waals surface area contributed by atoms with E-state index in [1.165, 1.54) is 30.0 Å². The first kappa shape index (κ1) is 22.5. The molecule has 0 aliphatic heterocycles. The third-order valence-corrected chi connectivity index (χ3v) is 5.38. The zero-order chi connectivity index (χ0) is 23.7. The second kappa shape index (κ2) is 9.07. The highest BCUT2D eigenvalue weighted by Crippen LogP contribution is 2.31. The van der Waals surface area contributed by atoms with E-state index in [0.717, 1.165) is 23.5 Å². The van der Waals surface area contributed by atoms with Crippen molar-refractivity contribution in [3.63, 3.8) is 0 Å². The smallest absolute Gasteiger partial charge is 0.294 e. The van der Waals surface area contributed by atoms with Crippen LogP contribution >= 0.6 is 11.6 Å². The molecule has 2 aromatic heterocycles. The third kappa shape index (κ3) is 4.61. The van der Waals surface area contributed by atoms with E-state index in [9.17, 15) is 13.6 Å². The summed E-state index contributed by atoms with van der Waals surface area (Å²) in [5.41, 5.74) is 1.22. The molecule has 4 aromatic rings. The Labute approximate surface area is 193 Å². The van der Waals surface area contributed by atoms with Crippen LogP contribution in [0.4, 0.5) is 8.78 Å². The van der Waals surface area contributed by atoms with Crippen LogP contribution in [0.15, 0.2) is 66.0 Å². The van der Waals surface area contributed by atoms with Crippen LogP contribution in [0, 0.1) is 18.6 Å². The van der Waals surface area contributed by atoms with Gasteiger partial charge in [0.2, 0.25) is 0 Å². The molecule has 4 rings (SSSR count). The first-order valence-corrected chi connectivity index (χ1v) is 10.4. The molecule has 0 unspecified atom stereocenters. The van der Waals surface area contributed by atoms with Gasteiger partial charge in [-0.15, -0.1) is 0 Å². The molecular weight excluding hydrogens is 452 g/mol. The van der Waals surface area contributed by atoms with Crippen molar-refractivity contribution in [2.24, 2.45) is 0 Å². The molecule has 2 heterocycles. The number of imidazole rings is 1. The summed E-state index contributed by atoms with van der Waals surface area (Å²) < 4.78 is 41.9. The number of aryl methyl sites for hydroxylation is 1. The minimum atomic E-state index is -0.757. The van der Waals surface area contributed by atoms with Crippen LogP contribution in [-0.2, 0) is 0 Å². The quantitative estimate of drug-likeness (QED) is 0.363. The van der Waals surface area contributed by atoms with Crippen molar-refractivity contribution in [2.75, 3.05) is 7.11 Å². The highest BCUT2D eigenvalue weighted by molar-refractivity contribution is 6.30. The Morgan fingerprint density at radius 1 is 1.06 bits per heavy atom. The molecule has 1 atom stereocenters. The molecule has 170 valence electrons. The number of ether oxygens (including phenoxy) is 2. The predicted octanol–water partition coefficient (Wildman–Crippen LogP) is 5.68. The van der Waals surface area contributed by atoms with Gasteiger partial charge in [-0.3, -0.25) is 4.79 Å². The zero-order valence-corrected chi connectivity index (χ0v) is 18.8. The van der Waals surface area contributed by atoms with Crippen molar-refractivity contribution in [3.05, 3.63) is 99.5 Å². The number of benzene rings is 2. The predicted molar refractivity (Wildman–Crippen MR) is 121 cm³/mol. The standard InChI is InChI=1S/C24H20ClF2N3O3/c1-14-11-29(13-28-14)21-7-5-18(10-22(21)32-3)33-23-8-16(25)12-30(24(23)31)15(2)19-6-4-17(26)9-20(19)27/h4-13,15H,1-3H3/t15-/m0/s1. The van der Waals surface area contributed by atoms with Gasteiger partial charge in [-0.1, -0.05) is 17.7 Å². The maximum absolute atomic E-state index is 14.3. The molecule has 0 bridgehead atoms. The van der Waals surface area contributed by atoms with Gasteiger partial charge >= 0.3 is 0 Å². The lowest BCUT2D eigenvalue weighted by Crippen LogP contribution is -2.25. The molecule has 0 aliphatic carbocycles. The van der Waals surface area contributed by atoms with Crippen LogP contribution in [0.25, 0.3) is 5.69 Å². The number of pyridine rings is 1. The SMILES string of the molecule is COc1cc(Oc2cc(Cl)cn([C@@H](C)c3ccc(F)cc3F)c2=O)ccc1-n1cnc(C)c1. The van der Waals surface area contributed by atoms with Gasteiger partial charge in [-0.05, 0) is 32.0 Å². The van der Waals surface area contributed by atoms with Crippen molar-refractivity contribution in [1.29, 1.82) is 0 Å². The molecule has 0 saturated heterocycles. The molecule has 0 aliphatic rings. The van der Waals surface area contributed by atoms with E-state index >= 15 is 0 Å². The average Bonchev–Trinajstić information content (AvgIpc) is 3.21. The van der Waals surface area contributed by atoms with Gasteiger partial charge < -0.3 is 18.6 Å². The molecule has 0 N–H and O–H groups in total. The van der Waals surface area contributed by atoms with E-state index in [0.29, 0.717) is 11.5 Å². The molecule has 0 fully saturated rings. The fraction of sp³-hybridized carbons (Fsp3) is 0.167. The van der Waals surface area contributed by atoms with Crippen molar-refractivity contribution >= 4 is 11.6 Å². The van der Waals surface area contributed by atoms with Crippen molar-refractivity contribution in [1.82, 2.24) is 14.1 Å². The molecule has 9 heteroatoms. The van der Waals surface area contributed by atoms with Gasteiger partial charge in [-0.25, -0.2) is 13.8 Å². The summed E-state index contributed by atoms with van der Waals surface area (Å²) in [5.74, 6) is -0.654. The molecule has 0 radical (unpaired) electrons. The van der Waals surface area contributed by atoms with E-state index in [2.05, 4.69) is 4.98 Å². The van der Waals surface area contributed by atoms with Crippen LogP contribution in [0.2, 0.25) is 5.02 Å². The summed E-state index contributed by atoms with van der Waals surface area (Å²) in [6, 6.07) is 8.93. The monoisotopic (exact) mass is 471 g/mol. The minimum Gasteiger partial charge on any atom is -0.494 e. The first-order valence-electron chi connectivity index (χ1n) is 10.0. The third-order valence-electron chi connectivity index (χ3n) is 5.18. The fourth-order valence-corrected chi connectivity index (χ4v) is 3.71. The summed E-state index contributed by atoms with van der Waals surface area (Å²) in [6.07, 6.45) is 4.90. The van der Waals surface area contributed by atoms with Crippen LogP contribution in [0.1, 0.15) is 24.2 Å². The summed E-state index contributed by atoms with van der Waals surface area (Å²) >= 11 is 6.22. The van der Waals surface area contributed by atoms with Crippen molar-refractivity contribution in [2.45, 2.75) is 19.9 Å². The summed E-state index contributed by atoms with van der Waals surface area (Å²) in [6.45, 7) is 3.49. The van der Waals surface area contributed by atoms with E-state index in [1.807, 2.05) is 17.7 Å². The van der Waals surface area contributed by atoms with Gasteiger partial charge in [0.05, 0.1) is 35.9 Å². The number of nitrogens with zero attached hydrogens (tertiary/aromatic N) is 3. The zero-order valence-electron chi connectivity index (χ0n) is 18.1. The van der Waals surface area contributed by atoms with Gasteiger partial charge in [0, 0.05) is 36.2 Å². The molecule has 0 spiro atoms. The minimum absolute atomic E-state index is 0.0508. The highest BCUT2D eigenvalue weighted by atomic mass is 35.5. The summed E-state index contributed by atoms with van der Waals surface area (Å²) in [7, 11) is 1.53. The molecule has 33 heavy (non-hydrogen) atoms. The largest absolute Gasteiger partial charge is 0.494 e. The lowest BCUT2D eigenvalue weighted by molar-refractivity contribution is 0.405. The number of halogens is 3. The van der Waals surface area contributed by atoms with Crippen LogP contribution in [0.3, 0.4) is 0 Å². The topological polar surface area (TPSA) is 58.3 Å².